The van der Waals surface area contributed by atoms with Crippen LogP contribution in [0.25, 0.3) is 10.9 Å². The molecular weight excluding hydrogens is 458 g/mol. The van der Waals surface area contributed by atoms with Crippen LogP contribution >= 0.6 is 0 Å². The quantitative estimate of drug-likeness (QED) is 0.413. The van der Waals surface area contributed by atoms with E-state index in [4.69, 9.17) is 4.74 Å². The van der Waals surface area contributed by atoms with E-state index in [0.717, 1.165) is 35.6 Å². The summed E-state index contributed by atoms with van der Waals surface area (Å²) in [6.07, 6.45) is 0. The van der Waals surface area contributed by atoms with Crippen LogP contribution in [0.4, 0.5) is 10.1 Å². The summed E-state index contributed by atoms with van der Waals surface area (Å²) in [7, 11) is 0. The van der Waals surface area contributed by atoms with Gasteiger partial charge in [0.15, 0.2) is 0 Å². The van der Waals surface area contributed by atoms with Crippen LogP contribution in [0.5, 0.6) is 0 Å². The molecule has 2 rings (SSSR count). The Morgan fingerprint density at radius 1 is 1.45 bits per heavy atom. The van der Waals surface area contributed by atoms with Crippen molar-refractivity contribution in [3.8, 4) is 0 Å². The summed E-state index contributed by atoms with van der Waals surface area (Å²) < 4.78 is 19.8. The topological polar surface area (TPSA) is 68.2 Å². The molecule has 0 fully saturated rings. The van der Waals surface area contributed by atoms with Crippen molar-refractivity contribution in [2.75, 3.05) is 10.8 Å². The van der Waals surface area contributed by atoms with Crippen molar-refractivity contribution in [1.29, 1.82) is 0 Å². The van der Waals surface area contributed by atoms with Gasteiger partial charge in [-0.05, 0) is 0 Å². The van der Waals surface area contributed by atoms with Gasteiger partial charge in [0.2, 0.25) is 0 Å². The molecule has 0 saturated heterocycles. The molecule has 1 aromatic heterocycles. The molecule has 0 aliphatic carbocycles. The number of hydrogen-bond acceptors (Lipinski definition) is 3. The van der Waals surface area contributed by atoms with Crippen molar-refractivity contribution in [2.24, 2.45) is 0 Å². The Bertz CT molecular complexity index is 654. The van der Waals surface area contributed by atoms with Crippen molar-refractivity contribution in [3.05, 3.63) is 39.8 Å². The summed E-state index contributed by atoms with van der Waals surface area (Å²) in [6.45, 7) is 4.58. The fourth-order valence-corrected chi connectivity index (χ4v) is 2.43. The fourth-order valence-electron chi connectivity index (χ4n) is 2.03. The molecular formula is C13H14FN2O3Pb. The monoisotopic (exact) mass is 473 g/mol. The number of ether oxygens (including phenoxy) is 1. The van der Waals surface area contributed by atoms with E-state index in [1.807, 2.05) is 19.9 Å². The number of H-pyrrole nitrogens is 1. The van der Waals surface area contributed by atoms with E-state index in [9.17, 15) is 14.5 Å². The van der Waals surface area contributed by atoms with Crippen molar-refractivity contribution in [1.82, 2.24) is 4.98 Å². The number of nitro benzene ring substituents is 1. The summed E-state index contributed by atoms with van der Waals surface area (Å²) in [5, 5.41) is 11.4. The van der Waals surface area contributed by atoms with E-state index in [2.05, 4.69) is 4.98 Å². The van der Waals surface area contributed by atoms with Gasteiger partial charge in [-0.1, -0.05) is 0 Å². The Morgan fingerprint density at radius 3 is 2.75 bits per heavy atom. The van der Waals surface area contributed by atoms with Crippen molar-refractivity contribution in [3.63, 3.8) is 0 Å². The Kier molecular flexibility index (Phi) is 4.43. The maximum atomic E-state index is 13.6. The molecule has 0 aliphatic heterocycles. The number of hydrogen-bond donors (Lipinski definition) is 1. The molecule has 1 heterocycles. The minimum absolute atomic E-state index is 0.255. The zero-order valence-electron chi connectivity index (χ0n) is 11.2. The third kappa shape index (κ3) is 3.00. The molecule has 105 valence electrons. The number of nitro groups is 1. The molecule has 0 amide bonds. The number of nitrogens with zero attached hydrogens (tertiary/aromatic N) is 1. The third-order valence-corrected chi connectivity index (χ3v) is 3.97. The Morgan fingerprint density at radius 2 is 2.15 bits per heavy atom. The van der Waals surface area contributed by atoms with Gasteiger partial charge in [0, 0.05) is 0 Å². The second-order valence-electron chi connectivity index (χ2n) is 5.21. The second kappa shape index (κ2) is 5.76. The Labute approximate surface area is 131 Å². The number of rotatable bonds is 5. The van der Waals surface area contributed by atoms with Gasteiger partial charge in [-0.3, -0.25) is 0 Å². The molecule has 0 unspecified atom stereocenters. The van der Waals surface area contributed by atoms with E-state index in [1.54, 1.807) is 0 Å². The molecule has 7 heteroatoms. The van der Waals surface area contributed by atoms with Gasteiger partial charge in [0.05, 0.1) is 0 Å². The standard InChI is InChI=1S/C13H14FN2O3.Pb/c1-13(2,7-19-3)12-5-8-4-11(16(17)18)9(14)6-10(8)15-12;/h4-6,15H,3,7H2,1-2H3;. The Hall–Kier alpha value is -1.03. The van der Waals surface area contributed by atoms with Gasteiger partial charge in [-0.25, -0.2) is 0 Å². The van der Waals surface area contributed by atoms with Crippen LogP contribution < -0.4 is 0 Å². The summed E-state index contributed by atoms with van der Waals surface area (Å²) in [5.41, 5.74) is 0.676. The first kappa shape index (κ1) is 15.4. The van der Waals surface area contributed by atoms with E-state index in [1.165, 1.54) is 12.1 Å². The van der Waals surface area contributed by atoms with E-state index < -0.39 is 16.4 Å². The fraction of sp³-hybridized carbons (Fsp3) is 0.385. The number of fused-ring (bicyclic) bond motifs is 1. The van der Waals surface area contributed by atoms with Crippen LogP contribution in [0.1, 0.15) is 19.5 Å². The van der Waals surface area contributed by atoms with Crippen LogP contribution in [0.3, 0.4) is 0 Å². The number of halogens is 1. The number of aromatic amines is 1. The Balaban J connectivity index is 2.46. The van der Waals surface area contributed by atoms with Crippen molar-refractivity contribution >= 4 is 42.4 Å². The molecule has 0 bridgehead atoms. The summed E-state index contributed by atoms with van der Waals surface area (Å²) in [5.74, 6) is -0.829. The van der Waals surface area contributed by atoms with E-state index in [0.29, 0.717) is 17.5 Å². The van der Waals surface area contributed by atoms with Gasteiger partial charge in [0.25, 0.3) is 0 Å². The van der Waals surface area contributed by atoms with E-state index >= 15 is 0 Å². The molecule has 0 aliphatic rings. The van der Waals surface area contributed by atoms with Gasteiger partial charge in [-0.15, -0.1) is 0 Å². The predicted octanol–water partition coefficient (Wildman–Crippen LogP) is 2.64. The third-order valence-electron chi connectivity index (χ3n) is 3.18. The predicted molar refractivity (Wildman–Crippen MR) is 74.5 cm³/mol. The van der Waals surface area contributed by atoms with Gasteiger partial charge < -0.3 is 0 Å². The minimum atomic E-state index is -0.829. The van der Waals surface area contributed by atoms with Crippen LogP contribution in [-0.2, 0) is 10.2 Å². The van der Waals surface area contributed by atoms with Crippen LogP contribution in [0.15, 0.2) is 18.2 Å². The zero-order chi connectivity index (χ0) is 14.9. The average molecular weight is 472 g/mol. The van der Waals surface area contributed by atoms with Crippen LogP contribution in [-0.4, -0.2) is 46.4 Å². The molecule has 5 nitrogen and oxygen atoms in total. The second-order valence-corrected chi connectivity index (χ2v) is 6.33. The maximum absolute atomic E-state index is 13.6. The molecule has 3 radical (unpaired) electrons. The molecule has 0 spiro atoms. The van der Waals surface area contributed by atoms with Crippen LogP contribution in [0, 0.1) is 15.9 Å². The first-order chi connectivity index (χ1) is 9.35. The zero-order valence-corrected chi connectivity index (χ0v) is 15.1. The number of nitrogens with one attached hydrogen (secondary N) is 1. The molecule has 20 heavy (non-hydrogen) atoms. The summed E-state index contributed by atoms with van der Waals surface area (Å²) in [4.78, 5) is 13.2. The molecule has 0 saturated carbocycles. The molecule has 2 aromatic rings. The molecule has 1 aromatic carbocycles. The number of benzene rings is 1. The number of aromatic nitrogens is 1. The molecule has 0 atom stereocenters. The SMILES string of the molecule is CC(C)(CO[CH2][Pb])c1cc2cc([N+](=O)[O-])c(F)cc2[nH]1. The summed E-state index contributed by atoms with van der Waals surface area (Å²) in [6, 6.07) is 4.24. The van der Waals surface area contributed by atoms with Gasteiger partial charge >= 0.3 is 131 Å². The van der Waals surface area contributed by atoms with E-state index in [-0.39, 0.29) is 5.41 Å². The first-order valence-corrected chi connectivity index (χ1v) is 8.79. The average Bonchev–Trinajstić information content (AvgIpc) is 2.78. The van der Waals surface area contributed by atoms with Crippen LogP contribution in [0.2, 0.25) is 0 Å². The normalized spacial score (nSPS) is 12.0. The van der Waals surface area contributed by atoms with Crippen molar-refractivity contribution < 1.29 is 14.1 Å². The molecule has 1 N–H and O–H groups in total. The summed E-state index contributed by atoms with van der Waals surface area (Å²) >= 11 is 0.976. The first-order valence-electron chi connectivity index (χ1n) is 6.04. The van der Waals surface area contributed by atoms with Gasteiger partial charge in [-0.2, -0.15) is 0 Å². The van der Waals surface area contributed by atoms with Crippen molar-refractivity contribution in [2.45, 2.75) is 19.3 Å². The van der Waals surface area contributed by atoms with Gasteiger partial charge in [0.1, 0.15) is 0 Å².